The number of aromatic hydroxyl groups is 2. The fraction of sp³-hybridized carbons (Fsp3) is 0.375. The average Bonchev–Trinajstić information content (AvgIpc) is 2.62. The molecule has 0 radical (unpaired) electrons. The van der Waals surface area contributed by atoms with E-state index in [-0.39, 0.29) is 5.56 Å². The van der Waals surface area contributed by atoms with Crippen LogP contribution in [0.5, 0.6) is 11.5 Å². The molecule has 1 saturated carbocycles. The van der Waals surface area contributed by atoms with Crippen LogP contribution in [0.15, 0.2) is 24.2 Å². The van der Waals surface area contributed by atoms with E-state index in [1.165, 1.54) is 0 Å². The predicted molar refractivity (Wildman–Crippen MR) is 82.5 cm³/mol. The summed E-state index contributed by atoms with van der Waals surface area (Å²) in [5.41, 5.74) is -2.78. The van der Waals surface area contributed by atoms with Gasteiger partial charge >= 0.3 is 11.9 Å². The number of esters is 1. The van der Waals surface area contributed by atoms with Gasteiger partial charge in [0.1, 0.15) is 12.2 Å². The number of aliphatic hydroxyl groups is 3. The van der Waals surface area contributed by atoms with E-state index in [1.807, 2.05) is 0 Å². The number of hydrogen-bond donors (Lipinski definition) is 6. The molecule has 0 aliphatic heterocycles. The number of benzene rings is 1. The van der Waals surface area contributed by atoms with Gasteiger partial charge in [-0.3, -0.25) is 0 Å². The number of aliphatic carboxylic acids is 1. The molecule has 1 fully saturated rings. The number of carbonyl (C=O) groups excluding carboxylic acids is 1. The summed E-state index contributed by atoms with van der Waals surface area (Å²) < 4.78 is 27.7. The molecule has 6 N–H and O–H groups in total. The van der Waals surface area contributed by atoms with E-state index in [2.05, 4.69) is 0 Å². The first-order valence-electron chi connectivity index (χ1n) is 8.61. The highest BCUT2D eigenvalue weighted by Gasteiger charge is 2.50. The molecule has 0 heterocycles. The van der Waals surface area contributed by atoms with E-state index < -0.39 is 78.3 Å². The highest BCUT2D eigenvalue weighted by atomic mass is 16.6. The molecule has 1 aromatic rings. The van der Waals surface area contributed by atoms with Crippen LogP contribution < -0.4 is 0 Å². The molecule has 0 bridgehead atoms. The van der Waals surface area contributed by atoms with E-state index in [4.69, 9.17) is 14.0 Å². The molecule has 25 heavy (non-hydrogen) atoms. The first-order valence-corrected chi connectivity index (χ1v) is 7.11. The summed E-state index contributed by atoms with van der Waals surface area (Å²) >= 11 is 0. The molecule has 0 saturated heterocycles. The molecule has 0 amide bonds. The second kappa shape index (κ2) is 7.09. The Hall–Kier alpha value is -2.62. The molecule has 4 unspecified atom stereocenters. The number of aliphatic hydroxyl groups excluding tert-OH is 2. The van der Waals surface area contributed by atoms with Gasteiger partial charge in [-0.1, -0.05) is 6.04 Å². The molecule has 136 valence electrons. The van der Waals surface area contributed by atoms with Crippen LogP contribution in [0.25, 0.3) is 6.08 Å². The van der Waals surface area contributed by atoms with Crippen LogP contribution in [0.4, 0.5) is 0 Å². The van der Waals surface area contributed by atoms with Crippen LogP contribution in [0.3, 0.4) is 0 Å². The third-order valence-electron chi connectivity index (χ3n) is 3.71. The maximum absolute atomic E-state index is 12.0. The number of phenolic OH excluding ortho intramolecular Hbond substituents is 2. The Kier molecular flexibility index (Phi) is 4.17. The van der Waals surface area contributed by atoms with Gasteiger partial charge in [0.2, 0.25) is 0 Å². The zero-order valence-corrected chi connectivity index (χ0v) is 12.7. The molecule has 1 aliphatic carbocycles. The van der Waals surface area contributed by atoms with Gasteiger partial charge in [0.15, 0.2) is 17.1 Å². The Morgan fingerprint density at radius 2 is 1.92 bits per heavy atom. The van der Waals surface area contributed by atoms with Crippen molar-refractivity contribution in [3.05, 3.63) is 29.8 Å². The molecule has 9 heteroatoms. The van der Waals surface area contributed by atoms with Gasteiger partial charge in [-0.05, 0) is 23.7 Å². The summed E-state index contributed by atoms with van der Waals surface area (Å²) in [4.78, 5) is 23.1. The Labute approximate surface area is 146 Å². The summed E-state index contributed by atoms with van der Waals surface area (Å²) in [7, 11) is 0. The van der Waals surface area contributed by atoms with Crippen molar-refractivity contribution in [3.8, 4) is 11.5 Å². The quantitative estimate of drug-likeness (QED) is 0.233. The van der Waals surface area contributed by atoms with Gasteiger partial charge < -0.3 is 35.4 Å². The minimum atomic E-state index is -2.40. The van der Waals surface area contributed by atoms with Crippen molar-refractivity contribution in [1.29, 1.82) is 0 Å². The fourth-order valence-electron chi connectivity index (χ4n) is 2.36. The molecule has 4 atom stereocenters. The number of carbonyl (C=O) groups is 2. The van der Waals surface area contributed by atoms with Crippen molar-refractivity contribution in [2.75, 3.05) is 0 Å². The van der Waals surface area contributed by atoms with Gasteiger partial charge in [0, 0.05) is 18.9 Å². The maximum atomic E-state index is 12.0. The average molecular weight is 357 g/mol. The third kappa shape index (κ3) is 4.27. The van der Waals surface area contributed by atoms with Crippen LogP contribution in [0.1, 0.15) is 22.5 Å². The van der Waals surface area contributed by atoms with Crippen LogP contribution in [0, 0.1) is 0 Å². The molecule has 2 rings (SSSR count). The highest BCUT2D eigenvalue weighted by molar-refractivity contribution is 5.87. The number of carboxylic acid groups (broad SMARTS) is 1. The van der Waals surface area contributed by atoms with E-state index >= 15 is 0 Å². The van der Waals surface area contributed by atoms with Crippen molar-refractivity contribution >= 4 is 18.0 Å². The molecular formula is C16H18O9. The topological polar surface area (TPSA) is 165 Å². The van der Waals surface area contributed by atoms with Crippen molar-refractivity contribution in [3.63, 3.8) is 0 Å². The van der Waals surface area contributed by atoms with E-state index in [9.17, 15) is 35.1 Å². The van der Waals surface area contributed by atoms with E-state index in [0.29, 0.717) is 6.08 Å². The van der Waals surface area contributed by atoms with E-state index in [0.717, 1.165) is 6.08 Å². The fourth-order valence-corrected chi connectivity index (χ4v) is 2.36. The molecular weight excluding hydrogens is 336 g/mol. The van der Waals surface area contributed by atoms with Crippen LogP contribution in [0.2, 0.25) is 0 Å². The smallest absolute Gasteiger partial charge is 0.335 e. The lowest BCUT2D eigenvalue weighted by molar-refractivity contribution is -0.196. The Morgan fingerprint density at radius 3 is 2.56 bits per heavy atom. The Balaban J connectivity index is 2.21. The Morgan fingerprint density at radius 1 is 1.24 bits per heavy atom. The summed E-state index contributed by atoms with van der Waals surface area (Å²) in [5.74, 6) is -4.73. The molecule has 1 aromatic carbocycles. The van der Waals surface area contributed by atoms with Crippen molar-refractivity contribution in [1.82, 2.24) is 0 Å². The largest absolute Gasteiger partial charge is 0.504 e. The van der Waals surface area contributed by atoms with Crippen LogP contribution >= 0.6 is 0 Å². The van der Waals surface area contributed by atoms with Crippen molar-refractivity contribution in [2.45, 2.75) is 36.8 Å². The molecule has 0 aromatic heterocycles. The minimum absolute atomic E-state index is 0.372. The predicted octanol–water partition coefficient (Wildman–Crippen LogP) is -0.646. The highest BCUT2D eigenvalue weighted by Crippen LogP contribution is 2.31. The number of carboxylic acids is 1. The number of phenols is 2. The SMILES string of the molecule is [2H]c1c([2H])c(/C=C/C(=O)OC2CC(O)(C(=O)O)CC(O)C2O)c([2H])c(O)c1O. The zero-order chi connectivity index (χ0) is 21.4. The second-order valence-electron chi connectivity index (χ2n) is 5.60. The first-order chi connectivity index (χ1) is 12.9. The summed E-state index contributed by atoms with van der Waals surface area (Å²) in [5, 5.41) is 57.6. The summed E-state index contributed by atoms with van der Waals surface area (Å²) in [6.07, 6.45) is -4.63. The summed E-state index contributed by atoms with van der Waals surface area (Å²) in [6, 6.07) is -2.12. The molecule has 0 spiro atoms. The maximum Gasteiger partial charge on any atom is 0.335 e. The minimum Gasteiger partial charge on any atom is -0.504 e. The third-order valence-corrected chi connectivity index (χ3v) is 3.71. The number of hydrogen-bond acceptors (Lipinski definition) is 8. The summed E-state index contributed by atoms with van der Waals surface area (Å²) in [6.45, 7) is 0. The first kappa shape index (κ1) is 14.7. The number of rotatable bonds is 4. The van der Waals surface area contributed by atoms with Crippen LogP contribution in [-0.4, -0.2) is 66.5 Å². The Bertz CT molecular complexity index is 812. The molecule has 1 aliphatic rings. The zero-order valence-electron chi connectivity index (χ0n) is 15.7. The van der Waals surface area contributed by atoms with Crippen molar-refractivity contribution < 1.29 is 49.1 Å². The standard InChI is InChI=1S/C16H18O9/c17-9-3-1-8(5-10(9)18)2-4-13(20)25-12-7-16(24,15(22)23)6-11(19)14(12)21/h1-5,11-12,14,17-19,21,24H,6-7H2,(H,22,23)/b4-2+/i1D,3D,5D. The molecule has 9 nitrogen and oxygen atoms in total. The van der Waals surface area contributed by atoms with Gasteiger partial charge in [0.25, 0.3) is 0 Å². The van der Waals surface area contributed by atoms with Crippen LogP contribution in [-0.2, 0) is 14.3 Å². The second-order valence-corrected chi connectivity index (χ2v) is 5.60. The van der Waals surface area contributed by atoms with Crippen molar-refractivity contribution in [2.24, 2.45) is 0 Å². The van der Waals surface area contributed by atoms with Gasteiger partial charge in [-0.2, -0.15) is 0 Å². The van der Waals surface area contributed by atoms with E-state index in [1.54, 1.807) is 0 Å². The monoisotopic (exact) mass is 357 g/mol. The normalized spacial score (nSPS) is 31.2. The lowest BCUT2D eigenvalue weighted by Gasteiger charge is -2.39. The lowest BCUT2D eigenvalue weighted by Crippen LogP contribution is -2.57. The van der Waals surface area contributed by atoms with Gasteiger partial charge in [0.05, 0.1) is 10.2 Å². The van der Waals surface area contributed by atoms with Gasteiger partial charge in [-0.15, -0.1) is 0 Å². The lowest BCUT2D eigenvalue weighted by atomic mass is 9.79. The number of ether oxygens (including phenoxy) is 1. The van der Waals surface area contributed by atoms with Gasteiger partial charge in [-0.25, -0.2) is 9.59 Å².